The summed E-state index contributed by atoms with van der Waals surface area (Å²) in [7, 11) is 0. The fourth-order valence-corrected chi connectivity index (χ4v) is 2.46. The van der Waals surface area contributed by atoms with Crippen molar-refractivity contribution < 1.29 is 27.3 Å². The molecule has 0 radical (unpaired) electrons. The first-order chi connectivity index (χ1) is 12.7. The smallest absolute Gasteiger partial charge is 0.329 e. The minimum atomic E-state index is -4.68. The number of nitrogens with zero attached hydrogens (tertiary/aromatic N) is 3. The van der Waals surface area contributed by atoms with E-state index in [9.17, 15) is 18.0 Å². The van der Waals surface area contributed by atoms with Crippen LogP contribution in [0.1, 0.15) is 44.6 Å². The van der Waals surface area contributed by atoms with E-state index in [0.717, 1.165) is 24.8 Å². The quantitative estimate of drug-likeness (QED) is 0.670. The van der Waals surface area contributed by atoms with E-state index in [-0.39, 0.29) is 23.7 Å². The normalized spacial score (nSPS) is 15.6. The number of benzene rings is 1. The Labute approximate surface area is 154 Å². The molecular weight excluding hydrogens is 363 g/mol. The Balaban J connectivity index is 1.71. The molecule has 0 spiro atoms. The third-order valence-electron chi connectivity index (χ3n) is 4.40. The number of hydrogen-bond donors (Lipinski definition) is 0. The molecule has 0 atom stereocenters. The molecule has 3 rings (SSSR count). The van der Waals surface area contributed by atoms with Crippen LogP contribution in [0.2, 0.25) is 0 Å². The van der Waals surface area contributed by atoms with Gasteiger partial charge in [0.25, 0.3) is 5.91 Å². The van der Waals surface area contributed by atoms with Crippen LogP contribution in [0.25, 0.3) is 11.4 Å². The minimum absolute atomic E-state index is 0.0481. The predicted molar refractivity (Wildman–Crippen MR) is 88.9 cm³/mol. The number of hydrogen-bond acceptors (Lipinski definition) is 5. The molecule has 0 saturated heterocycles. The molecule has 1 aromatic heterocycles. The molecule has 27 heavy (non-hydrogen) atoms. The lowest BCUT2D eigenvalue weighted by Crippen LogP contribution is -2.36. The van der Waals surface area contributed by atoms with E-state index in [1.165, 1.54) is 5.06 Å². The number of carbonyl (C=O) groups is 1. The Morgan fingerprint density at radius 1 is 1.30 bits per heavy atom. The summed E-state index contributed by atoms with van der Waals surface area (Å²) in [6, 6.07) is 6.57. The van der Waals surface area contributed by atoms with Gasteiger partial charge in [0.05, 0.1) is 13.2 Å². The van der Waals surface area contributed by atoms with Gasteiger partial charge in [-0.25, -0.2) is 5.06 Å². The first kappa shape index (κ1) is 19.3. The van der Waals surface area contributed by atoms with Gasteiger partial charge in [-0.1, -0.05) is 43.3 Å². The highest BCUT2D eigenvalue weighted by Gasteiger charge is 2.47. The van der Waals surface area contributed by atoms with Gasteiger partial charge in [0.1, 0.15) is 0 Å². The standard InChI is InChI=1S/C18H20F3N3O3/c1-3-10-26-24(16(25)17(2)8-9-17)11-12-4-6-13(7-5-12)14-22-15(27-23-14)18(19,20)21/h4-7H,3,8-11H2,1-2H3. The summed E-state index contributed by atoms with van der Waals surface area (Å²) >= 11 is 0. The second-order valence-electron chi connectivity index (χ2n) is 6.85. The third-order valence-corrected chi connectivity index (χ3v) is 4.40. The van der Waals surface area contributed by atoms with Crippen LogP contribution in [0.5, 0.6) is 0 Å². The molecule has 1 amide bonds. The zero-order valence-electron chi connectivity index (χ0n) is 15.0. The van der Waals surface area contributed by atoms with Gasteiger partial charge in [0.15, 0.2) is 0 Å². The molecule has 0 unspecified atom stereocenters. The van der Waals surface area contributed by atoms with Crippen LogP contribution in [-0.4, -0.2) is 27.7 Å². The Morgan fingerprint density at radius 3 is 2.48 bits per heavy atom. The van der Waals surface area contributed by atoms with Crippen molar-refractivity contribution in [2.45, 2.75) is 45.8 Å². The molecule has 1 aliphatic carbocycles. The maximum absolute atomic E-state index is 12.6. The molecule has 1 aliphatic rings. The highest BCUT2D eigenvalue weighted by atomic mass is 19.4. The average Bonchev–Trinajstić information content (AvgIpc) is 3.18. The van der Waals surface area contributed by atoms with Crippen LogP contribution in [-0.2, 0) is 22.4 Å². The van der Waals surface area contributed by atoms with Crippen molar-refractivity contribution in [3.05, 3.63) is 35.7 Å². The van der Waals surface area contributed by atoms with Gasteiger partial charge in [-0.3, -0.25) is 9.63 Å². The van der Waals surface area contributed by atoms with Crippen molar-refractivity contribution in [2.75, 3.05) is 6.61 Å². The van der Waals surface area contributed by atoms with Crippen LogP contribution in [0.15, 0.2) is 28.8 Å². The second-order valence-corrected chi connectivity index (χ2v) is 6.85. The van der Waals surface area contributed by atoms with E-state index in [1.807, 2.05) is 13.8 Å². The topological polar surface area (TPSA) is 68.5 Å². The Morgan fingerprint density at radius 2 is 1.96 bits per heavy atom. The van der Waals surface area contributed by atoms with E-state index in [2.05, 4.69) is 14.7 Å². The van der Waals surface area contributed by atoms with Crippen LogP contribution in [0.3, 0.4) is 0 Å². The summed E-state index contributed by atoms with van der Waals surface area (Å²) in [5, 5.41) is 4.73. The first-order valence-corrected chi connectivity index (χ1v) is 8.68. The van der Waals surface area contributed by atoms with Crippen LogP contribution in [0, 0.1) is 5.41 Å². The fraction of sp³-hybridized carbons (Fsp3) is 0.500. The van der Waals surface area contributed by atoms with E-state index in [4.69, 9.17) is 4.84 Å². The number of halogens is 3. The van der Waals surface area contributed by atoms with Crippen molar-refractivity contribution in [1.82, 2.24) is 15.2 Å². The number of hydroxylamine groups is 2. The summed E-state index contributed by atoms with van der Waals surface area (Å²) in [6.07, 6.45) is -2.22. The fourth-order valence-electron chi connectivity index (χ4n) is 2.46. The molecule has 9 heteroatoms. The van der Waals surface area contributed by atoms with E-state index < -0.39 is 12.1 Å². The Kier molecular flexibility index (Phi) is 5.23. The molecule has 0 N–H and O–H groups in total. The Hall–Kier alpha value is -2.42. The van der Waals surface area contributed by atoms with Gasteiger partial charge in [-0.2, -0.15) is 18.2 Å². The van der Waals surface area contributed by atoms with E-state index in [1.54, 1.807) is 24.3 Å². The summed E-state index contributed by atoms with van der Waals surface area (Å²) in [5.41, 5.74) is 0.818. The van der Waals surface area contributed by atoms with Crippen LogP contribution < -0.4 is 0 Å². The van der Waals surface area contributed by atoms with Gasteiger partial charge in [0, 0.05) is 11.0 Å². The van der Waals surface area contributed by atoms with Crippen LogP contribution >= 0.6 is 0 Å². The zero-order chi connectivity index (χ0) is 19.7. The predicted octanol–water partition coefficient (Wildman–Crippen LogP) is 4.23. The number of amides is 1. The molecule has 1 saturated carbocycles. The maximum atomic E-state index is 12.6. The molecule has 146 valence electrons. The van der Waals surface area contributed by atoms with Gasteiger partial charge >= 0.3 is 12.1 Å². The lowest BCUT2D eigenvalue weighted by atomic mass is 10.1. The average molecular weight is 383 g/mol. The van der Waals surface area contributed by atoms with Crippen molar-refractivity contribution in [2.24, 2.45) is 5.41 Å². The SMILES string of the molecule is CCCON(Cc1ccc(-c2noc(C(F)(F)F)n2)cc1)C(=O)C1(C)CC1. The highest BCUT2D eigenvalue weighted by molar-refractivity contribution is 5.84. The molecule has 0 bridgehead atoms. The summed E-state index contributed by atoms with van der Waals surface area (Å²) in [6.45, 7) is 4.56. The molecular formula is C18H20F3N3O3. The van der Waals surface area contributed by atoms with Crippen molar-refractivity contribution in [1.29, 1.82) is 0 Å². The zero-order valence-corrected chi connectivity index (χ0v) is 15.0. The lowest BCUT2D eigenvalue weighted by molar-refractivity contribution is -0.195. The van der Waals surface area contributed by atoms with Gasteiger partial charge in [-0.05, 0) is 24.8 Å². The number of carbonyl (C=O) groups excluding carboxylic acids is 1. The van der Waals surface area contributed by atoms with Crippen molar-refractivity contribution in [3.8, 4) is 11.4 Å². The maximum Gasteiger partial charge on any atom is 0.471 e. The monoisotopic (exact) mass is 383 g/mol. The molecule has 0 aliphatic heterocycles. The largest absolute Gasteiger partial charge is 0.471 e. The highest BCUT2D eigenvalue weighted by Crippen LogP contribution is 2.46. The van der Waals surface area contributed by atoms with Gasteiger partial charge < -0.3 is 4.52 Å². The molecule has 1 aromatic carbocycles. The number of alkyl halides is 3. The second kappa shape index (κ2) is 7.30. The van der Waals surface area contributed by atoms with Crippen molar-refractivity contribution >= 4 is 5.91 Å². The van der Waals surface area contributed by atoms with Crippen LogP contribution in [0.4, 0.5) is 13.2 Å². The van der Waals surface area contributed by atoms with Gasteiger partial charge in [-0.15, -0.1) is 0 Å². The van der Waals surface area contributed by atoms with E-state index >= 15 is 0 Å². The molecule has 1 heterocycles. The number of rotatable bonds is 7. The van der Waals surface area contributed by atoms with Gasteiger partial charge in [0.2, 0.25) is 5.82 Å². The minimum Gasteiger partial charge on any atom is -0.329 e. The summed E-state index contributed by atoms with van der Waals surface area (Å²) in [4.78, 5) is 21.5. The molecule has 1 fully saturated rings. The molecule has 6 nitrogen and oxygen atoms in total. The first-order valence-electron chi connectivity index (χ1n) is 8.68. The third kappa shape index (κ3) is 4.47. The Bertz CT molecular complexity index is 798. The lowest BCUT2D eigenvalue weighted by Gasteiger charge is -2.24. The van der Waals surface area contributed by atoms with Crippen molar-refractivity contribution in [3.63, 3.8) is 0 Å². The summed E-state index contributed by atoms with van der Waals surface area (Å²) in [5.74, 6) is -1.58. The summed E-state index contributed by atoms with van der Waals surface area (Å²) < 4.78 is 41.9. The van der Waals surface area contributed by atoms with E-state index in [0.29, 0.717) is 12.2 Å². The number of aromatic nitrogens is 2. The molecule has 2 aromatic rings.